The fraction of sp³-hybridized carbons (Fsp3) is 0.480. The molecule has 1 amide bonds. The van der Waals surface area contributed by atoms with Crippen LogP contribution in [0.15, 0.2) is 36.5 Å². The maximum absolute atomic E-state index is 13.6. The zero-order valence-corrected chi connectivity index (χ0v) is 23.7. The topological polar surface area (TPSA) is 127 Å². The molecule has 1 aliphatic rings. The number of fused-ring (bicyclic) bond motifs is 1. The Hall–Kier alpha value is -2.34. The number of nitrogens with one attached hydrogen (secondary N) is 2. The molecule has 2 aromatic heterocycles. The van der Waals surface area contributed by atoms with Crippen molar-refractivity contribution in [1.29, 1.82) is 0 Å². The highest BCUT2D eigenvalue weighted by Crippen LogP contribution is 2.32. The summed E-state index contributed by atoms with van der Waals surface area (Å²) in [6, 6.07) is 9.65. The molecule has 1 aromatic carbocycles. The Morgan fingerprint density at radius 2 is 1.84 bits per heavy atom. The number of ether oxygens (including phenoxy) is 1. The van der Waals surface area contributed by atoms with E-state index in [0.717, 1.165) is 11.3 Å². The van der Waals surface area contributed by atoms with E-state index in [4.69, 9.17) is 21.4 Å². The molecule has 0 bridgehead atoms. The highest BCUT2D eigenvalue weighted by atomic mass is 35.5. The van der Waals surface area contributed by atoms with E-state index in [-0.39, 0.29) is 49.3 Å². The van der Waals surface area contributed by atoms with Crippen LogP contribution in [0.2, 0.25) is 5.02 Å². The number of hydrogen-bond donors (Lipinski definition) is 4. The van der Waals surface area contributed by atoms with Gasteiger partial charge in [-0.15, -0.1) is 29.9 Å². The number of aromatic amines is 1. The first-order valence-electron chi connectivity index (χ1n) is 12.1. The summed E-state index contributed by atoms with van der Waals surface area (Å²) < 4.78 is 5.64. The number of H-pyrrole nitrogens is 1. The van der Waals surface area contributed by atoms with Gasteiger partial charge in [-0.3, -0.25) is 9.89 Å². The first-order chi connectivity index (χ1) is 17.4. The van der Waals surface area contributed by atoms with Gasteiger partial charge in [0, 0.05) is 50.0 Å². The first kappa shape index (κ1) is 31.9. The van der Waals surface area contributed by atoms with Crippen LogP contribution in [0.4, 0.5) is 5.69 Å². The Kier molecular flexibility index (Phi) is 12.3. The van der Waals surface area contributed by atoms with Crippen LogP contribution in [-0.4, -0.2) is 94.3 Å². The van der Waals surface area contributed by atoms with E-state index in [2.05, 4.69) is 39.2 Å². The standard InChI is InChI=1S/C25H33ClN6O4.2ClH/c1-16(2)28-13-20(17-3-5-18(26)6-4-17)25(35)32-11-9-31(10-12-32)21-7-8-27-23-22(21)24(30-29-23)36-15-19(34)14-33;;/h3-8,16,19-20,28,33-34H,9-15H2,1-2H3,(H,27,29,30);2*1H/t19?,20-;;/m1../s1. The largest absolute Gasteiger partial charge is 0.473 e. The molecule has 10 nitrogen and oxygen atoms in total. The van der Waals surface area contributed by atoms with Crippen LogP contribution >= 0.6 is 36.4 Å². The fourth-order valence-corrected chi connectivity index (χ4v) is 4.41. The molecule has 2 atom stereocenters. The second-order valence-corrected chi connectivity index (χ2v) is 9.65. The molecule has 1 aliphatic heterocycles. The normalized spacial score (nSPS) is 15.1. The summed E-state index contributed by atoms with van der Waals surface area (Å²) in [5, 5.41) is 30.5. The number of rotatable bonds is 10. The molecule has 1 unspecified atom stereocenters. The van der Waals surface area contributed by atoms with Crippen LogP contribution < -0.4 is 15.0 Å². The van der Waals surface area contributed by atoms with E-state index in [9.17, 15) is 9.90 Å². The minimum atomic E-state index is -0.995. The summed E-state index contributed by atoms with van der Waals surface area (Å²) in [6.07, 6.45) is 0.707. The molecule has 0 radical (unpaired) electrons. The van der Waals surface area contributed by atoms with Crippen LogP contribution in [0.5, 0.6) is 5.88 Å². The van der Waals surface area contributed by atoms with Gasteiger partial charge in [0.15, 0.2) is 5.65 Å². The Labute approximate surface area is 239 Å². The van der Waals surface area contributed by atoms with Gasteiger partial charge >= 0.3 is 0 Å². The van der Waals surface area contributed by atoms with Gasteiger partial charge in [0.05, 0.1) is 18.2 Å². The van der Waals surface area contributed by atoms with Gasteiger partial charge in [-0.1, -0.05) is 37.6 Å². The minimum absolute atomic E-state index is 0. The monoisotopic (exact) mass is 588 g/mol. The summed E-state index contributed by atoms with van der Waals surface area (Å²) in [5.74, 6) is 0.118. The number of piperazine rings is 1. The number of aromatic nitrogens is 3. The van der Waals surface area contributed by atoms with Crippen molar-refractivity contribution in [2.45, 2.75) is 31.9 Å². The SMILES string of the molecule is CC(C)NC[C@@H](C(=O)N1CCN(c2ccnc3[nH]nc(OCC(O)CO)c23)CC1)c1ccc(Cl)cc1.Cl.Cl. The highest BCUT2D eigenvalue weighted by molar-refractivity contribution is 6.30. The summed E-state index contributed by atoms with van der Waals surface area (Å²) >= 11 is 6.07. The second kappa shape index (κ2) is 14.7. The maximum atomic E-state index is 13.6. The van der Waals surface area contributed by atoms with Crippen LogP contribution in [0.1, 0.15) is 25.3 Å². The second-order valence-electron chi connectivity index (χ2n) is 9.21. The van der Waals surface area contributed by atoms with Crippen molar-refractivity contribution in [2.75, 3.05) is 50.8 Å². The number of hydrogen-bond acceptors (Lipinski definition) is 8. The molecule has 210 valence electrons. The lowest BCUT2D eigenvalue weighted by atomic mass is 9.96. The molecular formula is C25H35Cl3N6O4. The van der Waals surface area contributed by atoms with E-state index in [1.165, 1.54) is 0 Å². The Bertz CT molecular complexity index is 1160. The number of aliphatic hydroxyl groups excluding tert-OH is 2. The molecule has 4 N–H and O–H groups in total. The predicted molar refractivity (Wildman–Crippen MR) is 153 cm³/mol. The number of halogens is 3. The predicted octanol–water partition coefficient (Wildman–Crippen LogP) is 2.62. The van der Waals surface area contributed by atoms with Crippen molar-refractivity contribution in [3.8, 4) is 5.88 Å². The Balaban J connectivity index is 0.00000253. The quantitative estimate of drug-likeness (QED) is 0.284. The zero-order valence-electron chi connectivity index (χ0n) is 21.3. The van der Waals surface area contributed by atoms with Crippen molar-refractivity contribution in [3.63, 3.8) is 0 Å². The average molecular weight is 590 g/mol. The molecule has 0 saturated carbocycles. The molecule has 1 fully saturated rings. The lowest BCUT2D eigenvalue weighted by molar-refractivity contribution is -0.133. The van der Waals surface area contributed by atoms with Crippen molar-refractivity contribution in [3.05, 3.63) is 47.1 Å². The maximum Gasteiger partial charge on any atom is 0.244 e. The van der Waals surface area contributed by atoms with E-state index < -0.39 is 12.7 Å². The number of benzene rings is 1. The molecule has 3 aromatic rings. The Morgan fingerprint density at radius 3 is 2.47 bits per heavy atom. The molecule has 3 heterocycles. The highest BCUT2D eigenvalue weighted by Gasteiger charge is 2.30. The fourth-order valence-electron chi connectivity index (χ4n) is 4.29. The van der Waals surface area contributed by atoms with Gasteiger partial charge in [0.2, 0.25) is 11.8 Å². The summed E-state index contributed by atoms with van der Waals surface area (Å²) in [4.78, 5) is 22.0. The number of amides is 1. The van der Waals surface area contributed by atoms with Gasteiger partial charge in [-0.05, 0) is 23.8 Å². The average Bonchev–Trinajstić information content (AvgIpc) is 3.31. The summed E-state index contributed by atoms with van der Waals surface area (Å²) in [5.41, 5.74) is 2.41. The summed E-state index contributed by atoms with van der Waals surface area (Å²) in [7, 11) is 0. The van der Waals surface area contributed by atoms with Gasteiger partial charge in [0.25, 0.3) is 0 Å². The molecule has 13 heteroatoms. The third-order valence-electron chi connectivity index (χ3n) is 6.26. The van der Waals surface area contributed by atoms with Crippen LogP contribution in [0, 0.1) is 0 Å². The third-order valence-corrected chi connectivity index (χ3v) is 6.51. The Morgan fingerprint density at radius 1 is 1.16 bits per heavy atom. The van der Waals surface area contributed by atoms with Gasteiger partial charge in [-0.2, -0.15) is 0 Å². The molecule has 1 saturated heterocycles. The van der Waals surface area contributed by atoms with Crippen molar-refractivity contribution < 1.29 is 19.7 Å². The lowest BCUT2D eigenvalue weighted by Gasteiger charge is -2.38. The lowest BCUT2D eigenvalue weighted by Crippen LogP contribution is -2.51. The van der Waals surface area contributed by atoms with E-state index in [1.807, 2.05) is 35.2 Å². The van der Waals surface area contributed by atoms with Crippen LogP contribution in [-0.2, 0) is 4.79 Å². The molecule has 0 aliphatic carbocycles. The van der Waals surface area contributed by atoms with E-state index in [1.54, 1.807) is 6.20 Å². The smallest absolute Gasteiger partial charge is 0.244 e. The van der Waals surface area contributed by atoms with E-state index in [0.29, 0.717) is 54.7 Å². The third kappa shape index (κ3) is 7.62. The molecular weight excluding hydrogens is 555 g/mol. The number of carbonyl (C=O) groups is 1. The minimum Gasteiger partial charge on any atom is -0.473 e. The number of anilines is 1. The van der Waals surface area contributed by atoms with Crippen LogP contribution in [0.3, 0.4) is 0 Å². The number of carbonyl (C=O) groups excluding carboxylic acids is 1. The van der Waals surface area contributed by atoms with Crippen LogP contribution in [0.25, 0.3) is 11.0 Å². The number of pyridine rings is 1. The molecule has 38 heavy (non-hydrogen) atoms. The van der Waals surface area contributed by atoms with E-state index >= 15 is 0 Å². The number of nitrogens with zero attached hydrogens (tertiary/aromatic N) is 4. The number of aliphatic hydroxyl groups is 2. The summed E-state index contributed by atoms with van der Waals surface area (Å²) in [6.45, 7) is 6.64. The van der Waals surface area contributed by atoms with Gasteiger partial charge in [0.1, 0.15) is 18.1 Å². The van der Waals surface area contributed by atoms with Gasteiger partial charge in [-0.25, -0.2) is 4.98 Å². The zero-order chi connectivity index (χ0) is 25.7. The van der Waals surface area contributed by atoms with Crippen molar-refractivity contribution >= 4 is 59.0 Å². The molecule has 0 spiro atoms. The van der Waals surface area contributed by atoms with Crippen molar-refractivity contribution in [2.24, 2.45) is 0 Å². The molecule has 4 rings (SSSR count). The van der Waals surface area contributed by atoms with Gasteiger partial charge < -0.3 is 30.1 Å². The van der Waals surface area contributed by atoms with Crippen molar-refractivity contribution in [1.82, 2.24) is 25.4 Å². The first-order valence-corrected chi connectivity index (χ1v) is 12.5.